The molecule has 0 aliphatic rings. The lowest BCUT2D eigenvalue weighted by atomic mass is 9.87. The maximum absolute atomic E-state index is 5.74. The smallest absolute Gasteiger partial charge is 0.160 e. The van der Waals surface area contributed by atoms with E-state index in [1.165, 1.54) is 5.56 Å². The van der Waals surface area contributed by atoms with Crippen LogP contribution in [0.25, 0.3) is 0 Å². The van der Waals surface area contributed by atoms with Gasteiger partial charge in [-0.1, -0.05) is 32.9 Å². The Morgan fingerprint density at radius 1 is 0.950 bits per heavy atom. The third-order valence-electron chi connectivity index (χ3n) is 3.05. The van der Waals surface area contributed by atoms with Gasteiger partial charge in [-0.05, 0) is 37.0 Å². The molecule has 0 amide bonds. The van der Waals surface area contributed by atoms with Gasteiger partial charge in [0.25, 0.3) is 0 Å². The quantitative estimate of drug-likeness (QED) is 0.669. The molecule has 0 fully saturated rings. The second-order valence-electron chi connectivity index (χ2n) is 5.75. The lowest BCUT2D eigenvalue weighted by molar-refractivity contribution is -0.142. The summed E-state index contributed by atoms with van der Waals surface area (Å²) in [4.78, 5) is 0. The van der Waals surface area contributed by atoms with Gasteiger partial charge in [0.1, 0.15) is 5.75 Å². The molecule has 0 atom stereocenters. The van der Waals surface area contributed by atoms with Gasteiger partial charge in [-0.15, -0.1) is 0 Å². The van der Waals surface area contributed by atoms with E-state index in [2.05, 4.69) is 32.9 Å². The van der Waals surface area contributed by atoms with E-state index in [1.54, 1.807) is 0 Å². The van der Waals surface area contributed by atoms with Crippen molar-refractivity contribution in [1.82, 2.24) is 0 Å². The second-order valence-corrected chi connectivity index (χ2v) is 5.75. The molecule has 0 aromatic heterocycles. The fraction of sp³-hybridized carbons (Fsp3) is 0.647. The van der Waals surface area contributed by atoms with Gasteiger partial charge in [0, 0.05) is 19.6 Å². The summed E-state index contributed by atoms with van der Waals surface area (Å²) in [6.07, 6.45) is 0.571. The first-order chi connectivity index (χ1) is 9.47. The molecule has 20 heavy (non-hydrogen) atoms. The van der Waals surface area contributed by atoms with E-state index in [9.17, 15) is 0 Å². The van der Waals surface area contributed by atoms with Crippen molar-refractivity contribution in [2.75, 3.05) is 19.8 Å². The Hall–Kier alpha value is -1.06. The van der Waals surface area contributed by atoms with E-state index in [0.29, 0.717) is 19.8 Å². The molecule has 0 heterocycles. The predicted octanol–water partition coefficient (Wildman–Crippen LogP) is 4.15. The van der Waals surface area contributed by atoms with Crippen molar-refractivity contribution in [2.45, 2.75) is 52.7 Å². The van der Waals surface area contributed by atoms with E-state index >= 15 is 0 Å². The van der Waals surface area contributed by atoms with Crippen LogP contribution in [0.15, 0.2) is 24.3 Å². The van der Waals surface area contributed by atoms with Gasteiger partial charge >= 0.3 is 0 Å². The molecule has 0 aliphatic heterocycles. The van der Waals surface area contributed by atoms with Crippen LogP contribution in [0.3, 0.4) is 0 Å². The van der Waals surface area contributed by atoms with Crippen LogP contribution in [0, 0.1) is 0 Å². The summed E-state index contributed by atoms with van der Waals surface area (Å²) >= 11 is 0. The van der Waals surface area contributed by atoms with Gasteiger partial charge in [-0.2, -0.15) is 0 Å². The molecule has 0 saturated carbocycles. The van der Waals surface area contributed by atoms with Crippen LogP contribution in [0.4, 0.5) is 0 Å². The molecule has 0 bridgehead atoms. The van der Waals surface area contributed by atoms with Gasteiger partial charge in [-0.25, -0.2) is 0 Å². The molecular formula is C17H28O3. The van der Waals surface area contributed by atoms with Gasteiger partial charge < -0.3 is 14.2 Å². The Labute approximate surface area is 123 Å². The predicted molar refractivity (Wildman–Crippen MR) is 82.3 cm³/mol. The molecule has 1 aromatic rings. The Morgan fingerprint density at radius 2 is 1.50 bits per heavy atom. The summed E-state index contributed by atoms with van der Waals surface area (Å²) in [6, 6.07) is 8.30. The fourth-order valence-corrected chi connectivity index (χ4v) is 1.91. The Morgan fingerprint density at radius 3 is 1.95 bits per heavy atom. The van der Waals surface area contributed by atoms with Crippen molar-refractivity contribution >= 4 is 0 Å². The fourth-order valence-electron chi connectivity index (χ4n) is 1.91. The van der Waals surface area contributed by atoms with Crippen LogP contribution in [-0.4, -0.2) is 26.1 Å². The van der Waals surface area contributed by atoms with Crippen molar-refractivity contribution in [3.05, 3.63) is 29.8 Å². The Bertz CT molecular complexity index is 359. The maximum atomic E-state index is 5.74. The van der Waals surface area contributed by atoms with Gasteiger partial charge in [0.2, 0.25) is 0 Å². The largest absolute Gasteiger partial charge is 0.493 e. The summed E-state index contributed by atoms with van der Waals surface area (Å²) in [5, 5.41) is 0. The number of rotatable bonds is 8. The van der Waals surface area contributed by atoms with E-state index in [4.69, 9.17) is 14.2 Å². The number of ether oxygens (including phenoxy) is 3. The minimum Gasteiger partial charge on any atom is -0.493 e. The lowest BCUT2D eigenvalue weighted by Gasteiger charge is -2.19. The van der Waals surface area contributed by atoms with Crippen LogP contribution in [-0.2, 0) is 14.9 Å². The minimum absolute atomic E-state index is 0.168. The minimum atomic E-state index is -0.168. The van der Waals surface area contributed by atoms with E-state index in [0.717, 1.165) is 12.2 Å². The normalized spacial score (nSPS) is 11.9. The lowest BCUT2D eigenvalue weighted by Crippen LogP contribution is -2.20. The molecule has 0 saturated heterocycles. The van der Waals surface area contributed by atoms with Crippen molar-refractivity contribution in [1.29, 1.82) is 0 Å². The molecule has 3 nitrogen and oxygen atoms in total. The topological polar surface area (TPSA) is 27.7 Å². The zero-order valence-corrected chi connectivity index (χ0v) is 13.4. The Balaban J connectivity index is 2.41. The SMILES string of the molecule is CCOC(CCOc1ccc(C(C)(C)C)cc1)OCC. The van der Waals surface area contributed by atoms with Gasteiger partial charge in [0.05, 0.1) is 6.61 Å². The van der Waals surface area contributed by atoms with Crippen LogP contribution in [0.2, 0.25) is 0 Å². The summed E-state index contributed by atoms with van der Waals surface area (Å²) in [6.45, 7) is 12.5. The highest BCUT2D eigenvalue weighted by Gasteiger charge is 2.13. The van der Waals surface area contributed by atoms with Crippen molar-refractivity contribution in [3.8, 4) is 5.75 Å². The molecule has 3 heteroatoms. The summed E-state index contributed by atoms with van der Waals surface area (Å²) in [7, 11) is 0. The number of benzene rings is 1. The standard InChI is InChI=1S/C17H28O3/c1-6-18-16(19-7-2)12-13-20-15-10-8-14(9-11-15)17(3,4)5/h8-11,16H,6-7,12-13H2,1-5H3. The third-order valence-corrected chi connectivity index (χ3v) is 3.05. The number of hydrogen-bond donors (Lipinski definition) is 0. The highest BCUT2D eigenvalue weighted by Crippen LogP contribution is 2.24. The molecule has 0 N–H and O–H groups in total. The number of hydrogen-bond acceptors (Lipinski definition) is 3. The molecule has 0 aliphatic carbocycles. The third kappa shape index (κ3) is 5.93. The monoisotopic (exact) mass is 280 g/mol. The Kier molecular flexibility index (Phi) is 7.03. The second kappa shape index (κ2) is 8.28. The van der Waals surface area contributed by atoms with Crippen LogP contribution >= 0.6 is 0 Å². The van der Waals surface area contributed by atoms with E-state index in [1.807, 2.05) is 26.0 Å². The zero-order valence-electron chi connectivity index (χ0n) is 13.4. The van der Waals surface area contributed by atoms with E-state index in [-0.39, 0.29) is 11.7 Å². The highest BCUT2D eigenvalue weighted by molar-refractivity contribution is 5.31. The molecular weight excluding hydrogens is 252 g/mol. The van der Waals surface area contributed by atoms with Gasteiger partial charge in [0.15, 0.2) is 6.29 Å². The van der Waals surface area contributed by atoms with Gasteiger partial charge in [-0.3, -0.25) is 0 Å². The first-order valence-electron chi connectivity index (χ1n) is 7.44. The first kappa shape index (κ1) is 17.0. The molecule has 0 radical (unpaired) electrons. The van der Waals surface area contributed by atoms with Crippen LogP contribution in [0.5, 0.6) is 5.75 Å². The molecule has 114 valence electrons. The first-order valence-corrected chi connectivity index (χ1v) is 7.44. The van der Waals surface area contributed by atoms with Crippen molar-refractivity contribution < 1.29 is 14.2 Å². The zero-order chi connectivity index (χ0) is 15.0. The molecule has 1 aromatic carbocycles. The average molecular weight is 280 g/mol. The molecule has 0 spiro atoms. The summed E-state index contributed by atoms with van der Waals surface area (Å²) in [5.41, 5.74) is 1.49. The van der Waals surface area contributed by atoms with Crippen LogP contribution < -0.4 is 4.74 Å². The van der Waals surface area contributed by atoms with Crippen LogP contribution in [0.1, 0.15) is 46.6 Å². The summed E-state index contributed by atoms with van der Waals surface area (Å²) < 4.78 is 16.7. The van der Waals surface area contributed by atoms with E-state index < -0.39 is 0 Å². The van der Waals surface area contributed by atoms with Crippen molar-refractivity contribution in [3.63, 3.8) is 0 Å². The molecule has 0 unspecified atom stereocenters. The molecule has 1 rings (SSSR count). The average Bonchev–Trinajstić information content (AvgIpc) is 2.39. The van der Waals surface area contributed by atoms with Crippen molar-refractivity contribution in [2.24, 2.45) is 0 Å². The maximum Gasteiger partial charge on any atom is 0.160 e. The summed E-state index contributed by atoms with van der Waals surface area (Å²) in [5.74, 6) is 0.893. The highest BCUT2D eigenvalue weighted by atomic mass is 16.7.